The molecular formula is C23H24F2N6O. The van der Waals surface area contributed by atoms with Gasteiger partial charge in [-0.3, -0.25) is 0 Å². The van der Waals surface area contributed by atoms with Crippen LogP contribution in [-0.2, 0) is 5.54 Å². The number of aromatic nitrogens is 4. The lowest BCUT2D eigenvalue weighted by molar-refractivity contribution is 0.116. The summed E-state index contributed by atoms with van der Waals surface area (Å²) in [7, 11) is 2.14. The van der Waals surface area contributed by atoms with Gasteiger partial charge in [0.15, 0.2) is 0 Å². The van der Waals surface area contributed by atoms with Gasteiger partial charge >= 0.3 is 6.43 Å². The van der Waals surface area contributed by atoms with Crippen LogP contribution < -0.4 is 5.32 Å². The molecule has 1 saturated carbocycles. The van der Waals surface area contributed by atoms with Gasteiger partial charge in [0.05, 0.1) is 11.1 Å². The van der Waals surface area contributed by atoms with Crippen molar-refractivity contribution in [2.45, 2.75) is 37.6 Å². The molecule has 166 valence electrons. The molecular weight excluding hydrogens is 414 g/mol. The fourth-order valence-corrected chi connectivity index (χ4v) is 4.21. The van der Waals surface area contributed by atoms with Crippen LogP contribution >= 0.6 is 0 Å². The summed E-state index contributed by atoms with van der Waals surface area (Å²) in [5.41, 5.74) is 4.09. The molecule has 0 radical (unpaired) electrons. The topological polar surface area (TPSA) is 80.0 Å². The Bertz CT molecular complexity index is 1110. The first-order valence-corrected chi connectivity index (χ1v) is 10.7. The Morgan fingerprint density at radius 2 is 1.81 bits per heavy atom. The lowest BCUT2D eigenvalue weighted by Gasteiger charge is -2.43. The fourth-order valence-electron chi connectivity index (χ4n) is 4.21. The summed E-state index contributed by atoms with van der Waals surface area (Å²) in [6.07, 6.45) is 6.68. The molecule has 1 aromatic carbocycles. The average Bonchev–Trinajstić information content (AvgIpc) is 3.28. The Labute approximate surface area is 184 Å². The van der Waals surface area contributed by atoms with Crippen LogP contribution in [-0.4, -0.2) is 45.2 Å². The SMILES string of the molecule is CN1CC=C(c2ccc(C3(Nc4ncc(-c5nnc(C(F)F)o5)cn4)CCC3)cc2)CC1. The molecule has 1 aliphatic carbocycles. The molecule has 9 heteroatoms. The summed E-state index contributed by atoms with van der Waals surface area (Å²) in [6.45, 7) is 2.07. The van der Waals surface area contributed by atoms with Gasteiger partial charge in [0.1, 0.15) is 0 Å². The zero-order valence-electron chi connectivity index (χ0n) is 17.8. The number of alkyl halides is 2. The number of hydrogen-bond acceptors (Lipinski definition) is 7. The molecule has 5 rings (SSSR count). The van der Waals surface area contributed by atoms with E-state index in [0.717, 1.165) is 38.8 Å². The van der Waals surface area contributed by atoms with Crippen molar-refractivity contribution in [1.82, 2.24) is 25.1 Å². The normalized spacial score (nSPS) is 18.3. The minimum atomic E-state index is -2.81. The molecule has 3 heterocycles. The van der Waals surface area contributed by atoms with E-state index in [2.05, 4.69) is 67.8 Å². The van der Waals surface area contributed by atoms with E-state index >= 15 is 0 Å². The van der Waals surface area contributed by atoms with Gasteiger partial charge in [-0.25, -0.2) is 9.97 Å². The monoisotopic (exact) mass is 438 g/mol. The number of hydrogen-bond donors (Lipinski definition) is 1. The maximum absolute atomic E-state index is 12.7. The van der Waals surface area contributed by atoms with Gasteiger partial charge in [0.25, 0.3) is 11.8 Å². The van der Waals surface area contributed by atoms with Crippen LogP contribution in [0.1, 0.15) is 49.1 Å². The molecule has 0 bridgehead atoms. The van der Waals surface area contributed by atoms with Gasteiger partial charge in [0.2, 0.25) is 5.95 Å². The number of nitrogens with zero attached hydrogens (tertiary/aromatic N) is 5. The number of halogens is 2. The highest BCUT2D eigenvalue weighted by molar-refractivity contribution is 5.67. The Kier molecular flexibility index (Phi) is 5.42. The molecule has 1 fully saturated rings. The lowest BCUT2D eigenvalue weighted by Crippen LogP contribution is -2.42. The Balaban J connectivity index is 1.31. The van der Waals surface area contributed by atoms with E-state index in [0.29, 0.717) is 11.5 Å². The van der Waals surface area contributed by atoms with E-state index < -0.39 is 12.3 Å². The van der Waals surface area contributed by atoms with E-state index in [4.69, 9.17) is 4.42 Å². The molecule has 0 saturated heterocycles. The highest BCUT2D eigenvalue weighted by atomic mass is 19.3. The number of nitrogens with one attached hydrogen (secondary N) is 1. The number of likely N-dealkylation sites (N-methyl/N-ethyl adjacent to an activating group) is 1. The molecule has 1 aliphatic heterocycles. The number of benzene rings is 1. The molecule has 2 aromatic heterocycles. The van der Waals surface area contributed by atoms with E-state index in [1.54, 1.807) is 0 Å². The summed E-state index contributed by atoms with van der Waals surface area (Å²) in [5, 5.41) is 10.5. The van der Waals surface area contributed by atoms with Gasteiger partial charge in [-0.15, -0.1) is 10.2 Å². The van der Waals surface area contributed by atoms with Crippen LogP contribution in [0.25, 0.3) is 17.0 Å². The van der Waals surface area contributed by atoms with Crippen molar-refractivity contribution in [3.63, 3.8) is 0 Å². The molecule has 0 spiro atoms. The highest BCUT2D eigenvalue weighted by Crippen LogP contribution is 2.44. The maximum atomic E-state index is 12.7. The average molecular weight is 438 g/mol. The molecule has 2 aliphatic rings. The predicted octanol–water partition coefficient (Wildman–Crippen LogP) is 4.67. The summed E-state index contributed by atoms with van der Waals surface area (Å²) < 4.78 is 30.3. The van der Waals surface area contributed by atoms with Gasteiger partial charge in [-0.05, 0) is 49.4 Å². The Morgan fingerprint density at radius 3 is 2.38 bits per heavy atom. The summed E-state index contributed by atoms with van der Waals surface area (Å²) >= 11 is 0. The predicted molar refractivity (Wildman–Crippen MR) is 116 cm³/mol. The zero-order valence-corrected chi connectivity index (χ0v) is 17.8. The highest BCUT2D eigenvalue weighted by Gasteiger charge is 2.39. The van der Waals surface area contributed by atoms with Crippen molar-refractivity contribution in [3.8, 4) is 11.5 Å². The first-order chi connectivity index (χ1) is 15.5. The van der Waals surface area contributed by atoms with E-state index in [9.17, 15) is 8.78 Å². The quantitative estimate of drug-likeness (QED) is 0.599. The zero-order chi connectivity index (χ0) is 22.1. The third-order valence-electron chi connectivity index (χ3n) is 6.30. The van der Waals surface area contributed by atoms with Crippen molar-refractivity contribution in [2.75, 3.05) is 25.5 Å². The number of rotatable bonds is 6. The largest absolute Gasteiger partial charge is 0.415 e. The third-order valence-corrected chi connectivity index (χ3v) is 6.30. The van der Waals surface area contributed by atoms with Crippen molar-refractivity contribution in [1.29, 1.82) is 0 Å². The molecule has 3 aromatic rings. The minimum absolute atomic E-state index is 0.0241. The van der Waals surface area contributed by atoms with Crippen LogP contribution in [0.15, 0.2) is 47.2 Å². The van der Waals surface area contributed by atoms with E-state index in [1.807, 2.05) is 0 Å². The van der Waals surface area contributed by atoms with Gasteiger partial charge in [0, 0.05) is 25.5 Å². The van der Waals surface area contributed by atoms with Crippen molar-refractivity contribution < 1.29 is 13.2 Å². The number of anilines is 1. The third kappa shape index (κ3) is 4.00. The van der Waals surface area contributed by atoms with Crippen LogP contribution in [0.5, 0.6) is 0 Å². The van der Waals surface area contributed by atoms with Gasteiger partial charge < -0.3 is 14.6 Å². The molecule has 7 nitrogen and oxygen atoms in total. The minimum Gasteiger partial charge on any atom is -0.415 e. The lowest BCUT2D eigenvalue weighted by atomic mass is 9.71. The first kappa shape index (κ1) is 20.7. The van der Waals surface area contributed by atoms with Crippen LogP contribution in [0, 0.1) is 0 Å². The molecule has 0 atom stereocenters. The summed E-state index contributed by atoms with van der Waals surface area (Å²) in [5.74, 6) is -0.261. The first-order valence-electron chi connectivity index (χ1n) is 10.7. The Hall–Kier alpha value is -3.20. The van der Waals surface area contributed by atoms with Crippen molar-refractivity contribution in [2.24, 2.45) is 0 Å². The Morgan fingerprint density at radius 1 is 1.06 bits per heavy atom. The second-order valence-electron chi connectivity index (χ2n) is 8.42. The molecule has 1 N–H and O–H groups in total. The van der Waals surface area contributed by atoms with Gasteiger partial charge in [-0.1, -0.05) is 30.3 Å². The maximum Gasteiger partial charge on any atom is 0.314 e. The second kappa shape index (κ2) is 8.38. The smallest absolute Gasteiger partial charge is 0.314 e. The fraction of sp³-hybridized carbons (Fsp3) is 0.391. The van der Waals surface area contributed by atoms with Crippen LogP contribution in [0.4, 0.5) is 14.7 Å². The summed E-state index contributed by atoms with van der Waals surface area (Å²) in [6, 6.07) is 8.79. The molecule has 32 heavy (non-hydrogen) atoms. The second-order valence-corrected chi connectivity index (χ2v) is 8.42. The van der Waals surface area contributed by atoms with Crippen molar-refractivity contribution in [3.05, 3.63) is 59.8 Å². The van der Waals surface area contributed by atoms with E-state index in [-0.39, 0.29) is 11.4 Å². The van der Waals surface area contributed by atoms with Crippen LogP contribution in [0.2, 0.25) is 0 Å². The van der Waals surface area contributed by atoms with Crippen molar-refractivity contribution >= 4 is 11.5 Å². The summed E-state index contributed by atoms with van der Waals surface area (Å²) in [4.78, 5) is 11.0. The van der Waals surface area contributed by atoms with Crippen LogP contribution in [0.3, 0.4) is 0 Å². The standard InChI is InChI=1S/C23H24F2N6O/c1-31-11-7-16(8-12-31)15-3-5-18(6-4-15)23(9-2-10-23)28-22-26-13-17(14-27-22)20-29-30-21(32-20)19(24)25/h3-7,13-14,19H,2,8-12H2,1H3,(H,26,27,28). The molecule has 0 amide bonds. The van der Waals surface area contributed by atoms with Gasteiger partial charge in [-0.2, -0.15) is 8.78 Å². The molecule has 0 unspecified atom stereocenters. The van der Waals surface area contributed by atoms with E-state index in [1.165, 1.54) is 29.1 Å².